The molecule has 1 aliphatic rings. The number of piperidine rings is 1. The first-order chi connectivity index (χ1) is 9.08. The minimum absolute atomic E-state index is 0.0515. The summed E-state index contributed by atoms with van der Waals surface area (Å²) in [7, 11) is 3.77. The second kappa shape index (κ2) is 6.34. The van der Waals surface area contributed by atoms with Crippen LogP contribution < -0.4 is 15.5 Å². The van der Waals surface area contributed by atoms with Crippen LogP contribution in [-0.2, 0) is 0 Å². The van der Waals surface area contributed by atoms with Crippen LogP contribution in [0.5, 0.6) is 0 Å². The number of aromatic nitrogens is 1. The molecule has 0 atom stereocenters. The van der Waals surface area contributed by atoms with E-state index in [4.69, 9.17) is 0 Å². The maximum absolute atomic E-state index is 12.4. The van der Waals surface area contributed by atoms with Crippen molar-refractivity contribution in [3.63, 3.8) is 0 Å². The zero-order chi connectivity index (χ0) is 13.8. The summed E-state index contributed by atoms with van der Waals surface area (Å²) in [5.41, 5.74) is 0.609. The Hall–Kier alpha value is -1.14. The second-order valence-corrected chi connectivity index (χ2v) is 5.83. The van der Waals surface area contributed by atoms with Crippen molar-refractivity contribution in [1.29, 1.82) is 0 Å². The summed E-state index contributed by atoms with van der Waals surface area (Å²) in [5, 5.41) is 6.38. The predicted octanol–water partition coefficient (Wildman–Crippen LogP) is 1.39. The van der Waals surface area contributed by atoms with Crippen LogP contribution in [0.1, 0.15) is 23.2 Å². The molecule has 0 unspecified atom stereocenters. The molecular formula is C13H19BrN4O. The van der Waals surface area contributed by atoms with Crippen molar-refractivity contribution in [2.24, 2.45) is 0 Å². The fourth-order valence-electron chi connectivity index (χ4n) is 2.18. The third-order valence-electron chi connectivity index (χ3n) is 3.18. The molecule has 1 aliphatic heterocycles. The van der Waals surface area contributed by atoms with Crippen molar-refractivity contribution >= 4 is 27.7 Å². The monoisotopic (exact) mass is 326 g/mol. The molecule has 19 heavy (non-hydrogen) atoms. The number of anilines is 1. The predicted molar refractivity (Wildman–Crippen MR) is 79.6 cm³/mol. The topological polar surface area (TPSA) is 57.3 Å². The van der Waals surface area contributed by atoms with Crippen LogP contribution in [0.25, 0.3) is 0 Å². The highest BCUT2D eigenvalue weighted by Crippen LogP contribution is 2.20. The molecule has 0 aliphatic carbocycles. The molecule has 0 aromatic carbocycles. The average Bonchev–Trinajstić information content (AvgIpc) is 2.39. The van der Waals surface area contributed by atoms with Crippen LogP contribution in [0.2, 0.25) is 0 Å². The molecular weight excluding hydrogens is 308 g/mol. The third-order valence-corrected chi connectivity index (χ3v) is 3.61. The molecule has 1 saturated heterocycles. The number of rotatable bonds is 3. The van der Waals surface area contributed by atoms with Crippen molar-refractivity contribution in [1.82, 2.24) is 15.6 Å². The van der Waals surface area contributed by atoms with Crippen molar-refractivity contribution in [3.8, 4) is 0 Å². The van der Waals surface area contributed by atoms with Gasteiger partial charge in [-0.1, -0.05) is 0 Å². The molecule has 2 rings (SSSR count). The van der Waals surface area contributed by atoms with Crippen molar-refractivity contribution < 1.29 is 4.79 Å². The molecule has 1 aromatic heterocycles. The Kier molecular flexibility index (Phi) is 4.76. The Morgan fingerprint density at radius 1 is 1.47 bits per heavy atom. The zero-order valence-electron chi connectivity index (χ0n) is 11.2. The van der Waals surface area contributed by atoms with Gasteiger partial charge >= 0.3 is 0 Å². The van der Waals surface area contributed by atoms with Crippen LogP contribution >= 0.6 is 15.9 Å². The lowest BCUT2D eigenvalue weighted by atomic mass is 10.1. The smallest absolute Gasteiger partial charge is 0.255 e. The van der Waals surface area contributed by atoms with Gasteiger partial charge in [0.25, 0.3) is 5.91 Å². The number of carbonyl (C=O) groups is 1. The lowest BCUT2D eigenvalue weighted by Gasteiger charge is -2.24. The Labute approximate surface area is 121 Å². The summed E-state index contributed by atoms with van der Waals surface area (Å²) in [6, 6.07) is 2.07. The van der Waals surface area contributed by atoms with Gasteiger partial charge in [0.05, 0.1) is 5.56 Å². The van der Waals surface area contributed by atoms with E-state index in [0.717, 1.165) is 30.4 Å². The third kappa shape index (κ3) is 3.67. The van der Waals surface area contributed by atoms with E-state index >= 15 is 0 Å². The minimum Gasteiger partial charge on any atom is -0.362 e. The number of amides is 1. The highest BCUT2D eigenvalue weighted by molar-refractivity contribution is 9.10. The summed E-state index contributed by atoms with van der Waals surface area (Å²) < 4.78 is 0.813. The molecule has 1 aromatic rings. The summed E-state index contributed by atoms with van der Waals surface area (Å²) in [5.74, 6) is 0.638. The average molecular weight is 327 g/mol. The summed E-state index contributed by atoms with van der Waals surface area (Å²) in [6.07, 6.45) is 3.66. The summed E-state index contributed by atoms with van der Waals surface area (Å²) >= 11 is 3.37. The van der Waals surface area contributed by atoms with Gasteiger partial charge in [-0.15, -0.1) is 0 Å². The molecule has 0 bridgehead atoms. The maximum Gasteiger partial charge on any atom is 0.255 e. The molecule has 0 saturated carbocycles. The molecule has 2 N–H and O–H groups in total. The van der Waals surface area contributed by atoms with Crippen LogP contribution in [-0.4, -0.2) is 44.1 Å². The number of halogens is 1. The van der Waals surface area contributed by atoms with E-state index in [9.17, 15) is 4.79 Å². The maximum atomic E-state index is 12.4. The first-order valence-corrected chi connectivity index (χ1v) is 7.21. The van der Waals surface area contributed by atoms with Gasteiger partial charge in [0.2, 0.25) is 0 Å². The van der Waals surface area contributed by atoms with E-state index in [1.165, 1.54) is 0 Å². The zero-order valence-corrected chi connectivity index (χ0v) is 12.8. The standard InChI is InChI=1S/C13H19BrN4O/c1-18(2)12-11(7-9(14)8-16-12)13(19)17-10-3-5-15-6-4-10/h7-8,10,15H,3-6H2,1-2H3,(H,17,19). The van der Waals surface area contributed by atoms with Crippen LogP contribution in [0.4, 0.5) is 5.82 Å². The van der Waals surface area contributed by atoms with Gasteiger partial charge < -0.3 is 15.5 Å². The first kappa shape index (κ1) is 14.3. The number of hydrogen-bond donors (Lipinski definition) is 2. The molecule has 2 heterocycles. The van der Waals surface area contributed by atoms with E-state index in [1.807, 2.05) is 25.1 Å². The fraction of sp³-hybridized carbons (Fsp3) is 0.538. The van der Waals surface area contributed by atoms with Crippen LogP contribution in [0, 0.1) is 0 Å². The summed E-state index contributed by atoms with van der Waals surface area (Å²) in [4.78, 5) is 18.5. The highest BCUT2D eigenvalue weighted by atomic mass is 79.9. The number of nitrogens with zero attached hydrogens (tertiary/aromatic N) is 2. The van der Waals surface area contributed by atoms with E-state index in [0.29, 0.717) is 11.4 Å². The van der Waals surface area contributed by atoms with E-state index < -0.39 is 0 Å². The first-order valence-electron chi connectivity index (χ1n) is 6.42. The highest BCUT2D eigenvalue weighted by Gasteiger charge is 2.20. The summed E-state index contributed by atoms with van der Waals surface area (Å²) in [6.45, 7) is 1.92. The van der Waals surface area contributed by atoms with E-state index in [-0.39, 0.29) is 11.9 Å². The van der Waals surface area contributed by atoms with Crippen LogP contribution in [0.15, 0.2) is 16.7 Å². The molecule has 1 fully saturated rings. The van der Waals surface area contributed by atoms with Gasteiger partial charge in [-0.3, -0.25) is 4.79 Å². The second-order valence-electron chi connectivity index (χ2n) is 4.92. The Morgan fingerprint density at radius 2 is 2.16 bits per heavy atom. The number of carbonyl (C=O) groups excluding carboxylic acids is 1. The van der Waals surface area contributed by atoms with E-state index in [2.05, 4.69) is 31.5 Å². The minimum atomic E-state index is -0.0515. The quantitative estimate of drug-likeness (QED) is 0.881. The Balaban J connectivity index is 2.15. The Morgan fingerprint density at radius 3 is 2.79 bits per heavy atom. The van der Waals surface area contributed by atoms with Gasteiger partial charge in [-0.05, 0) is 47.9 Å². The molecule has 5 nitrogen and oxygen atoms in total. The van der Waals surface area contributed by atoms with Crippen molar-refractivity contribution in [2.45, 2.75) is 18.9 Å². The number of pyridine rings is 1. The Bertz CT molecular complexity index is 458. The largest absolute Gasteiger partial charge is 0.362 e. The normalized spacial score (nSPS) is 16.2. The van der Waals surface area contributed by atoms with Crippen molar-refractivity contribution in [3.05, 3.63) is 22.3 Å². The van der Waals surface area contributed by atoms with Crippen molar-refractivity contribution in [2.75, 3.05) is 32.1 Å². The van der Waals surface area contributed by atoms with Crippen LogP contribution in [0.3, 0.4) is 0 Å². The molecule has 0 spiro atoms. The van der Waals surface area contributed by atoms with Gasteiger partial charge in [0, 0.05) is 30.8 Å². The van der Waals surface area contributed by atoms with Gasteiger partial charge in [-0.25, -0.2) is 4.98 Å². The molecule has 104 valence electrons. The lowest BCUT2D eigenvalue weighted by molar-refractivity contribution is 0.0929. The molecule has 1 amide bonds. The SMILES string of the molecule is CN(C)c1ncc(Br)cc1C(=O)NC1CCNCC1. The molecule has 6 heteroatoms. The van der Waals surface area contributed by atoms with Gasteiger partial charge in [0.15, 0.2) is 0 Å². The molecule has 0 radical (unpaired) electrons. The lowest BCUT2D eigenvalue weighted by Crippen LogP contribution is -2.43. The fourth-order valence-corrected chi connectivity index (χ4v) is 2.52. The number of hydrogen-bond acceptors (Lipinski definition) is 4. The van der Waals surface area contributed by atoms with Gasteiger partial charge in [0.1, 0.15) is 5.82 Å². The van der Waals surface area contributed by atoms with E-state index in [1.54, 1.807) is 6.20 Å². The van der Waals surface area contributed by atoms with Gasteiger partial charge in [-0.2, -0.15) is 0 Å². The number of nitrogens with one attached hydrogen (secondary N) is 2.